The Morgan fingerprint density at radius 1 is 1.27 bits per heavy atom. The molecular weight excluding hydrogens is 282 g/mol. The minimum atomic E-state index is -0.241. The number of hydrogen-bond acceptors (Lipinski definition) is 4. The molecule has 0 radical (unpaired) electrons. The molecule has 116 valence electrons. The summed E-state index contributed by atoms with van der Waals surface area (Å²) >= 11 is 0. The lowest BCUT2D eigenvalue weighted by Crippen LogP contribution is -2.39. The first kappa shape index (κ1) is 14.6. The maximum absolute atomic E-state index is 11.7. The molecule has 0 unspecified atom stereocenters. The Labute approximate surface area is 128 Å². The topological polar surface area (TPSA) is 76.4 Å². The number of rotatable bonds is 5. The number of hydrogen-bond donors (Lipinski definition) is 2. The average molecular weight is 301 g/mol. The van der Waals surface area contributed by atoms with Crippen molar-refractivity contribution < 1.29 is 13.9 Å². The highest BCUT2D eigenvalue weighted by Gasteiger charge is 2.16. The third-order valence-corrected chi connectivity index (χ3v) is 3.53. The number of carbonyl (C=O) groups excluding carboxylic acids is 1. The Morgan fingerprint density at radius 3 is 2.91 bits per heavy atom. The molecule has 2 amide bonds. The molecule has 2 aromatic rings. The average Bonchev–Trinajstić information content (AvgIpc) is 3.23. The van der Waals surface area contributed by atoms with Crippen LogP contribution in [0.4, 0.5) is 4.79 Å². The van der Waals surface area contributed by atoms with Crippen LogP contribution in [0.2, 0.25) is 0 Å². The summed E-state index contributed by atoms with van der Waals surface area (Å²) in [7, 11) is 0. The SMILES string of the molecule is O=C(NCc1ncc(-c2ccccc2)o1)NC[C@@H]1CCCO1. The lowest BCUT2D eigenvalue weighted by atomic mass is 10.2. The van der Waals surface area contributed by atoms with E-state index in [1.807, 2.05) is 30.3 Å². The second-order valence-corrected chi connectivity index (χ2v) is 5.18. The predicted molar refractivity (Wildman–Crippen MR) is 81.2 cm³/mol. The number of nitrogens with zero attached hydrogens (tertiary/aromatic N) is 1. The molecule has 0 spiro atoms. The van der Waals surface area contributed by atoms with Gasteiger partial charge in [-0.05, 0) is 12.8 Å². The van der Waals surface area contributed by atoms with E-state index in [0.717, 1.165) is 25.0 Å². The third kappa shape index (κ3) is 3.85. The van der Waals surface area contributed by atoms with E-state index in [9.17, 15) is 4.79 Å². The van der Waals surface area contributed by atoms with Crippen molar-refractivity contribution >= 4 is 6.03 Å². The van der Waals surface area contributed by atoms with Gasteiger partial charge in [-0.15, -0.1) is 0 Å². The highest BCUT2D eigenvalue weighted by atomic mass is 16.5. The number of ether oxygens (including phenoxy) is 1. The van der Waals surface area contributed by atoms with Gasteiger partial charge < -0.3 is 19.8 Å². The number of nitrogens with one attached hydrogen (secondary N) is 2. The second-order valence-electron chi connectivity index (χ2n) is 5.18. The lowest BCUT2D eigenvalue weighted by molar-refractivity contribution is 0.111. The van der Waals surface area contributed by atoms with Crippen LogP contribution in [0.1, 0.15) is 18.7 Å². The van der Waals surface area contributed by atoms with Crippen molar-refractivity contribution in [1.29, 1.82) is 0 Å². The molecule has 1 aliphatic rings. The Hall–Kier alpha value is -2.34. The van der Waals surface area contributed by atoms with E-state index in [1.54, 1.807) is 6.20 Å². The number of carbonyl (C=O) groups is 1. The van der Waals surface area contributed by atoms with Crippen molar-refractivity contribution in [3.63, 3.8) is 0 Å². The van der Waals surface area contributed by atoms with E-state index < -0.39 is 0 Å². The van der Waals surface area contributed by atoms with Crippen molar-refractivity contribution in [2.24, 2.45) is 0 Å². The van der Waals surface area contributed by atoms with Crippen LogP contribution in [0.5, 0.6) is 0 Å². The quantitative estimate of drug-likeness (QED) is 0.888. The molecular formula is C16H19N3O3. The molecule has 1 aromatic heterocycles. The summed E-state index contributed by atoms with van der Waals surface area (Å²) < 4.78 is 11.1. The van der Waals surface area contributed by atoms with Gasteiger partial charge >= 0.3 is 6.03 Å². The Morgan fingerprint density at radius 2 is 2.14 bits per heavy atom. The third-order valence-electron chi connectivity index (χ3n) is 3.53. The summed E-state index contributed by atoms with van der Waals surface area (Å²) in [5.41, 5.74) is 0.962. The highest BCUT2D eigenvalue weighted by Crippen LogP contribution is 2.19. The maximum Gasteiger partial charge on any atom is 0.315 e. The summed E-state index contributed by atoms with van der Waals surface area (Å²) in [5.74, 6) is 1.17. The fourth-order valence-corrected chi connectivity index (χ4v) is 2.36. The van der Waals surface area contributed by atoms with E-state index in [4.69, 9.17) is 9.15 Å². The molecule has 6 heteroatoms. The predicted octanol–water partition coefficient (Wildman–Crippen LogP) is 2.32. The fraction of sp³-hybridized carbons (Fsp3) is 0.375. The van der Waals surface area contributed by atoms with Gasteiger partial charge in [0.15, 0.2) is 5.76 Å². The molecule has 2 N–H and O–H groups in total. The smallest absolute Gasteiger partial charge is 0.315 e. The fourth-order valence-electron chi connectivity index (χ4n) is 2.36. The van der Waals surface area contributed by atoms with Crippen LogP contribution < -0.4 is 10.6 Å². The number of urea groups is 1. The van der Waals surface area contributed by atoms with E-state index in [2.05, 4.69) is 15.6 Å². The summed E-state index contributed by atoms with van der Waals surface area (Å²) in [6.07, 6.45) is 3.86. The van der Waals surface area contributed by atoms with Crippen molar-refractivity contribution in [2.75, 3.05) is 13.2 Å². The van der Waals surface area contributed by atoms with Crippen molar-refractivity contribution in [3.8, 4) is 11.3 Å². The van der Waals surface area contributed by atoms with E-state index in [0.29, 0.717) is 18.2 Å². The molecule has 6 nitrogen and oxygen atoms in total. The number of benzene rings is 1. The first-order valence-corrected chi connectivity index (χ1v) is 7.45. The van der Waals surface area contributed by atoms with Gasteiger partial charge in [0, 0.05) is 18.7 Å². The largest absolute Gasteiger partial charge is 0.439 e. The number of aromatic nitrogens is 1. The van der Waals surface area contributed by atoms with Crippen molar-refractivity contribution in [3.05, 3.63) is 42.4 Å². The summed E-state index contributed by atoms with van der Waals surface area (Å²) in [5, 5.41) is 5.51. The van der Waals surface area contributed by atoms with Crippen LogP contribution >= 0.6 is 0 Å². The standard InChI is InChI=1S/C16H19N3O3/c20-16(18-9-13-7-4-8-21-13)19-11-15-17-10-14(22-15)12-5-2-1-3-6-12/h1-3,5-6,10,13H,4,7-9,11H2,(H2,18,19,20)/t13-/m0/s1. The summed E-state index contributed by atoms with van der Waals surface area (Å²) in [6, 6.07) is 9.48. The van der Waals surface area contributed by atoms with Crippen molar-refractivity contribution in [2.45, 2.75) is 25.5 Å². The molecule has 1 fully saturated rings. The normalized spacial score (nSPS) is 17.4. The second kappa shape index (κ2) is 7.09. The zero-order chi connectivity index (χ0) is 15.2. The summed E-state index contributed by atoms with van der Waals surface area (Å²) in [6.45, 7) is 1.57. The molecule has 2 heterocycles. The first-order chi connectivity index (χ1) is 10.8. The zero-order valence-electron chi connectivity index (χ0n) is 12.2. The molecule has 0 aliphatic carbocycles. The summed E-state index contributed by atoms with van der Waals surface area (Å²) in [4.78, 5) is 15.9. The highest BCUT2D eigenvalue weighted by molar-refractivity contribution is 5.73. The van der Waals surface area contributed by atoms with Gasteiger partial charge in [0.25, 0.3) is 0 Å². The molecule has 3 rings (SSSR count). The van der Waals surface area contributed by atoms with Crippen LogP contribution in [0.15, 0.2) is 40.9 Å². The van der Waals surface area contributed by atoms with Crippen LogP contribution in [-0.4, -0.2) is 30.3 Å². The van der Waals surface area contributed by atoms with Gasteiger partial charge in [0.2, 0.25) is 5.89 Å². The molecule has 1 aliphatic heterocycles. The van der Waals surface area contributed by atoms with Crippen LogP contribution in [-0.2, 0) is 11.3 Å². The maximum atomic E-state index is 11.7. The van der Waals surface area contributed by atoms with Crippen LogP contribution in [0, 0.1) is 0 Å². The zero-order valence-corrected chi connectivity index (χ0v) is 12.2. The van der Waals surface area contributed by atoms with E-state index >= 15 is 0 Å². The minimum absolute atomic E-state index is 0.136. The van der Waals surface area contributed by atoms with Gasteiger partial charge in [0.05, 0.1) is 18.8 Å². The molecule has 22 heavy (non-hydrogen) atoms. The molecule has 0 saturated carbocycles. The van der Waals surface area contributed by atoms with E-state index in [-0.39, 0.29) is 18.7 Å². The molecule has 1 atom stereocenters. The molecule has 0 bridgehead atoms. The number of amides is 2. The van der Waals surface area contributed by atoms with Crippen LogP contribution in [0.3, 0.4) is 0 Å². The van der Waals surface area contributed by atoms with Gasteiger partial charge in [0.1, 0.15) is 0 Å². The Balaban J connectivity index is 1.45. The van der Waals surface area contributed by atoms with Gasteiger partial charge in [-0.1, -0.05) is 30.3 Å². The van der Waals surface area contributed by atoms with E-state index in [1.165, 1.54) is 0 Å². The van der Waals surface area contributed by atoms with Crippen molar-refractivity contribution in [1.82, 2.24) is 15.6 Å². The Kier molecular flexibility index (Phi) is 4.70. The lowest BCUT2D eigenvalue weighted by Gasteiger charge is -2.10. The number of oxazole rings is 1. The minimum Gasteiger partial charge on any atom is -0.439 e. The Bertz CT molecular complexity index is 606. The van der Waals surface area contributed by atoms with Gasteiger partial charge in [-0.3, -0.25) is 0 Å². The monoisotopic (exact) mass is 301 g/mol. The molecule has 1 saturated heterocycles. The van der Waals surface area contributed by atoms with Gasteiger partial charge in [-0.2, -0.15) is 0 Å². The van der Waals surface area contributed by atoms with Crippen LogP contribution in [0.25, 0.3) is 11.3 Å². The molecule has 1 aromatic carbocycles. The van der Waals surface area contributed by atoms with Gasteiger partial charge in [-0.25, -0.2) is 9.78 Å². The first-order valence-electron chi connectivity index (χ1n) is 7.45.